The summed E-state index contributed by atoms with van der Waals surface area (Å²) in [6.07, 6.45) is 8.98. The van der Waals surface area contributed by atoms with E-state index in [1.807, 2.05) is 0 Å². The lowest BCUT2D eigenvalue weighted by Gasteiger charge is -2.44. The van der Waals surface area contributed by atoms with Gasteiger partial charge in [0.25, 0.3) is 0 Å². The van der Waals surface area contributed by atoms with Crippen molar-refractivity contribution < 1.29 is 4.74 Å². The highest BCUT2D eigenvalue weighted by molar-refractivity contribution is 5.18. The molecule has 1 aromatic rings. The van der Waals surface area contributed by atoms with Crippen LogP contribution in [0.4, 0.5) is 0 Å². The first-order valence-electron chi connectivity index (χ1n) is 8.22. The summed E-state index contributed by atoms with van der Waals surface area (Å²) in [7, 11) is 0. The smallest absolute Gasteiger partial charge is 0.0697 e. The van der Waals surface area contributed by atoms with Crippen LogP contribution in [0.5, 0.6) is 0 Å². The number of nitrogens with one attached hydrogen (secondary N) is 1. The van der Waals surface area contributed by atoms with Gasteiger partial charge in [-0.2, -0.15) is 0 Å². The lowest BCUT2D eigenvalue weighted by Crippen LogP contribution is -2.48. The van der Waals surface area contributed by atoms with Crippen molar-refractivity contribution in [2.45, 2.75) is 69.6 Å². The number of hydrogen-bond acceptors (Lipinski definition) is 2. The molecule has 1 saturated carbocycles. The van der Waals surface area contributed by atoms with Crippen molar-refractivity contribution in [3.63, 3.8) is 0 Å². The molecule has 1 unspecified atom stereocenters. The van der Waals surface area contributed by atoms with Gasteiger partial charge < -0.3 is 10.1 Å². The molecule has 110 valence electrons. The van der Waals surface area contributed by atoms with Crippen LogP contribution in [0.1, 0.15) is 63.5 Å². The maximum absolute atomic E-state index is 6.18. The molecule has 0 aromatic heterocycles. The number of benzene rings is 1. The van der Waals surface area contributed by atoms with Crippen LogP contribution < -0.4 is 5.32 Å². The molecule has 0 bridgehead atoms. The molecule has 2 fully saturated rings. The fourth-order valence-corrected chi connectivity index (χ4v) is 3.91. The topological polar surface area (TPSA) is 21.3 Å². The van der Waals surface area contributed by atoms with Crippen molar-refractivity contribution in [1.82, 2.24) is 5.32 Å². The molecule has 3 rings (SSSR count). The summed E-state index contributed by atoms with van der Waals surface area (Å²) in [4.78, 5) is 0. The van der Waals surface area contributed by atoms with E-state index in [9.17, 15) is 0 Å². The van der Waals surface area contributed by atoms with Crippen molar-refractivity contribution in [3.8, 4) is 0 Å². The molecule has 2 heteroatoms. The van der Waals surface area contributed by atoms with Gasteiger partial charge in [0.1, 0.15) is 0 Å². The number of rotatable bonds is 3. The van der Waals surface area contributed by atoms with Gasteiger partial charge in [0.2, 0.25) is 0 Å². The Morgan fingerprint density at radius 3 is 2.65 bits per heavy atom. The van der Waals surface area contributed by atoms with E-state index < -0.39 is 0 Å². The van der Waals surface area contributed by atoms with Crippen molar-refractivity contribution in [2.75, 3.05) is 6.61 Å². The van der Waals surface area contributed by atoms with E-state index in [2.05, 4.69) is 42.6 Å². The molecule has 0 radical (unpaired) electrons. The highest BCUT2D eigenvalue weighted by atomic mass is 16.5. The van der Waals surface area contributed by atoms with Gasteiger partial charge in [-0.05, 0) is 38.2 Å². The molecule has 1 aliphatic carbocycles. The molecule has 20 heavy (non-hydrogen) atoms. The van der Waals surface area contributed by atoms with Gasteiger partial charge in [-0.15, -0.1) is 0 Å². The predicted molar refractivity (Wildman–Crippen MR) is 82.8 cm³/mol. The molecule has 1 aromatic carbocycles. The van der Waals surface area contributed by atoms with E-state index in [1.54, 1.807) is 0 Å². The molecule has 1 N–H and O–H groups in total. The van der Waals surface area contributed by atoms with Gasteiger partial charge in [0.05, 0.1) is 5.60 Å². The Hall–Kier alpha value is -0.860. The van der Waals surface area contributed by atoms with E-state index in [0.29, 0.717) is 12.1 Å². The van der Waals surface area contributed by atoms with Crippen LogP contribution in [-0.2, 0) is 4.74 Å². The Balaban J connectivity index is 1.60. The lowest BCUT2D eigenvalue weighted by atomic mass is 9.78. The summed E-state index contributed by atoms with van der Waals surface area (Å²) in [5.41, 5.74) is 1.58. The van der Waals surface area contributed by atoms with E-state index >= 15 is 0 Å². The molecule has 0 amide bonds. The highest BCUT2D eigenvalue weighted by Gasteiger charge is 2.38. The minimum atomic E-state index is 0.199. The minimum Gasteiger partial charge on any atom is -0.375 e. The number of hydrogen-bond donors (Lipinski definition) is 1. The second-order valence-electron chi connectivity index (χ2n) is 6.58. The summed E-state index contributed by atoms with van der Waals surface area (Å²) in [6.45, 7) is 3.21. The second-order valence-corrected chi connectivity index (χ2v) is 6.58. The summed E-state index contributed by atoms with van der Waals surface area (Å²) in [6, 6.07) is 11.8. The molecule has 2 atom stereocenters. The Morgan fingerprint density at radius 2 is 1.90 bits per heavy atom. The van der Waals surface area contributed by atoms with Gasteiger partial charge in [-0.1, -0.05) is 49.6 Å². The van der Waals surface area contributed by atoms with Gasteiger partial charge in [0, 0.05) is 18.7 Å². The van der Waals surface area contributed by atoms with Crippen LogP contribution >= 0.6 is 0 Å². The van der Waals surface area contributed by atoms with Crippen molar-refractivity contribution in [1.29, 1.82) is 0 Å². The van der Waals surface area contributed by atoms with Crippen molar-refractivity contribution in [2.24, 2.45) is 0 Å². The van der Waals surface area contributed by atoms with Crippen LogP contribution in [-0.4, -0.2) is 18.2 Å². The van der Waals surface area contributed by atoms with Gasteiger partial charge in [-0.25, -0.2) is 0 Å². The molecule has 1 spiro atoms. The SMILES string of the molecule is C[C@H](NC1CCOC2(CCCCC2)C1)c1ccccc1. The predicted octanol–water partition coefficient (Wildman–Crippen LogP) is 4.22. The maximum Gasteiger partial charge on any atom is 0.0697 e. The zero-order chi connectivity index (χ0) is 13.8. The molecular formula is C18H27NO. The Bertz CT molecular complexity index is 405. The van der Waals surface area contributed by atoms with Gasteiger partial charge >= 0.3 is 0 Å². The minimum absolute atomic E-state index is 0.199. The maximum atomic E-state index is 6.18. The molecule has 1 aliphatic heterocycles. The van der Waals surface area contributed by atoms with Crippen molar-refractivity contribution in [3.05, 3.63) is 35.9 Å². The quantitative estimate of drug-likeness (QED) is 0.890. The van der Waals surface area contributed by atoms with E-state index in [-0.39, 0.29) is 5.60 Å². The standard InChI is InChI=1S/C18H27NO/c1-15(16-8-4-2-5-9-16)19-17-10-13-20-18(14-17)11-6-3-7-12-18/h2,4-5,8-9,15,17,19H,3,6-7,10-14H2,1H3/t15-,17?/m0/s1. The van der Waals surface area contributed by atoms with Gasteiger partial charge in [-0.3, -0.25) is 0 Å². The Labute approximate surface area is 122 Å². The first-order chi connectivity index (χ1) is 9.77. The van der Waals surface area contributed by atoms with E-state index in [4.69, 9.17) is 4.74 Å². The fourth-order valence-electron chi connectivity index (χ4n) is 3.91. The first kappa shape index (κ1) is 14.1. The highest BCUT2D eigenvalue weighted by Crippen LogP contribution is 2.38. The molecule has 1 heterocycles. The third-order valence-corrected chi connectivity index (χ3v) is 5.04. The Morgan fingerprint density at radius 1 is 1.15 bits per heavy atom. The molecule has 2 nitrogen and oxygen atoms in total. The van der Waals surface area contributed by atoms with Crippen molar-refractivity contribution >= 4 is 0 Å². The van der Waals surface area contributed by atoms with E-state index in [1.165, 1.54) is 44.1 Å². The summed E-state index contributed by atoms with van der Waals surface area (Å²) in [5, 5.41) is 3.83. The largest absolute Gasteiger partial charge is 0.375 e. The van der Waals surface area contributed by atoms with Gasteiger partial charge in [0.15, 0.2) is 0 Å². The summed E-state index contributed by atoms with van der Waals surface area (Å²) < 4.78 is 6.18. The Kier molecular flexibility index (Phi) is 4.42. The third-order valence-electron chi connectivity index (χ3n) is 5.04. The zero-order valence-electron chi connectivity index (χ0n) is 12.6. The average Bonchev–Trinajstić information content (AvgIpc) is 2.49. The third kappa shape index (κ3) is 3.24. The number of ether oxygens (including phenoxy) is 1. The summed E-state index contributed by atoms with van der Waals surface area (Å²) in [5.74, 6) is 0. The van der Waals surface area contributed by atoms with Crippen LogP contribution in [0.3, 0.4) is 0 Å². The van der Waals surface area contributed by atoms with Crippen LogP contribution in [0.15, 0.2) is 30.3 Å². The monoisotopic (exact) mass is 273 g/mol. The fraction of sp³-hybridized carbons (Fsp3) is 0.667. The van der Waals surface area contributed by atoms with Crippen LogP contribution in [0.25, 0.3) is 0 Å². The van der Waals surface area contributed by atoms with E-state index in [0.717, 1.165) is 13.0 Å². The molecule has 1 saturated heterocycles. The lowest BCUT2D eigenvalue weighted by molar-refractivity contribution is -0.110. The molecule has 2 aliphatic rings. The van der Waals surface area contributed by atoms with Crippen LogP contribution in [0, 0.1) is 0 Å². The zero-order valence-corrected chi connectivity index (χ0v) is 12.6. The first-order valence-corrected chi connectivity index (χ1v) is 8.22. The second kappa shape index (κ2) is 6.28. The molecular weight excluding hydrogens is 246 g/mol. The summed E-state index contributed by atoms with van der Waals surface area (Å²) >= 11 is 0. The van der Waals surface area contributed by atoms with Crippen LogP contribution in [0.2, 0.25) is 0 Å². The normalized spacial score (nSPS) is 27.4. The average molecular weight is 273 g/mol.